The molecule has 0 radical (unpaired) electrons. The fourth-order valence-corrected chi connectivity index (χ4v) is 4.56. The van der Waals surface area contributed by atoms with E-state index in [0.29, 0.717) is 23.8 Å². The largest absolute Gasteiger partial charge is 0.357 e. The molecular weight excluding hydrogens is 481 g/mol. The number of aliphatic imine (C=N–C) groups is 1. The molecule has 144 valence electrons. The van der Waals surface area contributed by atoms with Crippen LogP contribution in [0.3, 0.4) is 0 Å². The Labute approximate surface area is 177 Å². The van der Waals surface area contributed by atoms with E-state index in [-0.39, 0.29) is 35.8 Å². The first kappa shape index (κ1) is 22.9. The Balaban J connectivity index is 0.00000338. The van der Waals surface area contributed by atoms with Crippen molar-refractivity contribution in [3.63, 3.8) is 0 Å². The Morgan fingerprint density at radius 2 is 1.88 bits per heavy atom. The van der Waals surface area contributed by atoms with Gasteiger partial charge in [-0.05, 0) is 36.9 Å². The maximum absolute atomic E-state index is 12.6. The smallest absolute Gasteiger partial charge is 0.191 e. The molecule has 0 aliphatic carbocycles. The van der Waals surface area contributed by atoms with E-state index >= 15 is 0 Å². The van der Waals surface area contributed by atoms with Gasteiger partial charge in [0.05, 0.1) is 17.2 Å². The molecule has 1 heterocycles. The summed E-state index contributed by atoms with van der Waals surface area (Å²) in [6.45, 7) is 5.26. The highest BCUT2D eigenvalue weighted by Crippen LogP contribution is 2.13. The van der Waals surface area contributed by atoms with Crippen LogP contribution in [0.5, 0.6) is 0 Å². The van der Waals surface area contributed by atoms with Crippen LogP contribution in [0.4, 0.5) is 0 Å². The summed E-state index contributed by atoms with van der Waals surface area (Å²) in [7, 11) is -3.33. The zero-order valence-electron chi connectivity index (χ0n) is 15.0. The molecule has 1 aromatic carbocycles. The lowest BCUT2D eigenvalue weighted by Gasteiger charge is -2.20. The Kier molecular flexibility index (Phi) is 10.2. The molecule has 0 fully saturated rings. The minimum absolute atomic E-state index is 0. The first-order valence-electron chi connectivity index (χ1n) is 8.40. The molecule has 1 atom stereocenters. The Morgan fingerprint density at radius 1 is 1.15 bits per heavy atom. The second kappa shape index (κ2) is 11.6. The van der Waals surface area contributed by atoms with Crippen LogP contribution >= 0.6 is 35.3 Å². The van der Waals surface area contributed by atoms with Crippen LogP contribution in [0, 0.1) is 0 Å². The van der Waals surface area contributed by atoms with E-state index < -0.39 is 9.84 Å². The first-order valence-corrected chi connectivity index (χ1v) is 10.9. The van der Waals surface area contributed by atoms with E-state index in [0.717, 1.165) is 6.54 Å². The number of hydrogen-bond acceptors (Lipinski definition) is 4. The standard InChI is InChI=1S/C18H25N3O2S2.HI/c1-3-15(14-25(22,23)17-10-6-5-7-11-17)21-18(19-4-2)20-13-16-9-8-12-24-16;/h5-12,15H,3-4,13-14H2,1-2H3,(H2,19,20,21);1H. The van der Waals surface area contributed by atoms with Crippen LogP contribution in [0.2, 0.25) is 0 Å². The Hall–Kier alpha value is -1.13. The molecule has 2 aromatic rings. The van der Waals surface area contributed by atoms with Crippen LogP contribution in [0.25, 0.3) is 0 Å². The van der Waals surface area contributed by atoms with Crippen LogP contribution in [-0.2, 0) is 16.4 Å². The number of hydrogen-bond donors (Lipinski definition) is 2. The number of halogens is 1. The second-order valence-electron chi connectivity index (χ2n) is 5.62. The van der Waals surface area contributed by atoms with Gasteiger partial charge in [0.15, 0.2) is 15.8 Å². The Bertz CT molecular complexity index is 763. The maximum Gasteiger partial charge on any atom is 0.191 e. The molecular formula is C18H26IN3O2S2. The van der Waals surface area contributed by atoms with Crippen LogP contribution in [-0.4, -0.2) is 32.7 Å². The van der Waals surface area contributed by atoms with Crippen molar-refractivity contribution in [3.8, 4) is 0 Å². The van der Waals surface area contributed by atoms with Gasteiger partial charge in [-0.1, -0.05) is 31.2 Å². The highest BCUT2D eigenvalue weighted by atomic mass is 127. The van der Waals surface area contributed by atoms with Crippen molar-refractivity contribution in [1.29, 1.82) is 0 Å². The molecule has 0 spiro atoms. The molecule has 2 N–H and O–H groups in total. The first-order chi connectivity index (χ1) is 12.0. The third kappa shape index (κ3) is 7.24. The van der Waals surface area contributed by atoms with Gasteiger partial charge in [-0.15, -0.1) is 35.3 Å². The highest BCUT2D eigenvalue weighted by Gasteiger charge is 2.20. The topological polar surface area (TPSA) is 70.6 Å². The van der Waals surface area contributed by atoms with E-state index in [9.17, 15) is 8.42 Å². The van der Waals surface area contributed by atoms with E-state index in [4.69, 9.17) is 0 Å². The van der Waals surface area contributed by atoms with Crippen LogP contribution in [0.15, 0.2) is 57.7 Å². The minimum Gasteiger partial charge on any atom is -0.357 e. The number of rotatable bonds is 8. The number of nitrogens with zero attached hydrogens (tertiary/aromatic N) is 1. The van der Waals surface area contributed by atoms with Crippen molar-refractivity contribution >= 4 is 51.1 Å². The molecule has 1 aromatic heterocycles. The predicted octanol–water partition coefficient (Wildman–Crippen LogP) is 3.67. The summed E-state index contributed by atoms with van der Waals surface area (Å²) in [5.41, 5.74) is 0. The summed E-state index contributed by atoms with van der Waals surface area (Å²) < 4.78 is 25.2. The average molecular weight is 507 g/mol. The molecule has 2 rings (SSSR count). The fraction of sp³-hybridized carbons (Fsp3) is 0.389. The third-order valence-corrected chi connectivity index (χ3v) is 6.37. The molecule has 0 aliphatic heterocycles. The van der Waals surface area contributed by atoms with Crippen molar-refractivity contribution < 1.29 is 8.42 Å². The van der Waals surface area contributed by atoms with Gasteiger partial charge >= 0.3 is 0 Å². The zero-order valence-corrected chi connectivity index (χ0v) is 19.0. The normalized spacial score (nSPS) is 12.9. The SMILES string of the molecule is CCNC(=NCc1cccs1)NC(CC)CS(=O)(=O)c1ccccc1.I. The fourth-order valence-electron chi connectivity index (χ4n) is 2.32. The third-order valence-electron chi connectivity index (χ3n) is 3.67. The molecule has 26 heavy (non-hydrogen) atoms. The van der Waals surface area contributed by atoms with Gasteiger partial charge in [-0.25, -0.2) is 13.4 Å². The summed E-state index contributed by atoms with van der Waals surface area (Å²) in [5, 5.41) is 8.46. The van der Waals surface area contributed by atoms with Crippen molar-refractivity contribution in [2.24, 2.45) is 4.99 Å². The summed E-state index contributed by atoms with van der Waals surface area (Å²) in [6.07, 6.45) is 0.690. The number of thiophene rings is 1. The van der Waals surface area contributed by atoms with E-state index in [1.54, 1.807) is 35.6 Å². The van der Waals surface area contributed by atoms with Crippen molar-refractivity contribution in [1.82, 2.24) is 10.6 Å². The average Bonchev–Trinajstić information content (AvgIpc) is 3.13. The summed E-state index contributed by atoms with van der Waals surface area (Å²) in [4.78, 5) is 6.08. The van der Waals surface area contributed by atoms with Gasteiger partial charge in [0.1, 0.15) is 0 Å². The van der Waals surface area contributed by atoms with Gasteiger partial charge in [0, 0.05) is 17.5 Å². The highest BCUT2D eigenvalue weighted by molar-refractivity contribution is 14.0. The molecule has 0 aliphatic rings. The van der Waals surface area contributed by atoms with E-state index in [1.165, 1.54) is 4.88 Å². The van der Waals surface area contributed by atoms with Crippen molar-refractivity contribution in [3.05, 3.63) is 52.7 Å². The van der Waals surface area contributed by atoms with Gasteiger partial charge < -0.3 is 10.6 Å². The van der Waals surface area contributed by atoms with Crippen LogP contribution in [0.1, 0.15) is 25.1 Å². The second-order valence-corrected chi connectivity index (χ2v) is 8.68. The Morgan fingerprint density at radius 3 is 2.46 bits per heavy atom. The molecule has 8 heteroatoms. The number of guanidine groups is 1. The number of benzene rings is 1. The van der Waals surface area contributed by atoms with Crippen LogP contribution < -0.4 is 10.6 Å². The maximum atomic E-state index is 12.6. The minimum atomic E-state index is -3.33. The predicted molar refractivity (Wildman–Crippen MR) is 120 cm³/mol. The lowest BCUT2D eigenvalue weighted by Crippen LogP contribution is -2.46. The summed E-state index contributed by atoms with van der Waals surface area (Å²) in [6, 6.07) is 12.4. The lowest BCUT2D eigenvalue weighted by molar-refractivity contribution is 0.569. The molecule has 0 saturated carbocycles. The molecule has 0 saturated heterocycles. The zero-order chi connectivity index (χ0) is 18.1. The van der Waals surface area contributed by atoms with Crippen molar-refractivity contribution in [2.75, 3.05) is 12.3 Å². The summed E-state index contributed by atoms with van der Waals surface area (Å²) >= 11 is 1.66. The molecule has 1 unspecified atom stereocenters. The van der Waals surface area contributed by atoms with E-state index in [1.807, 2.05) is 37.4 Å². The molecule has 5 nitrogen and oxygen atoms in total. The van der Waals surface area contributed by atoms with Crippen molar-refractivity contribution in [2.45, 2.75) is 37.8 Å². The van der Waals surface area contributed by atoms with E-state index in [2.05, 4.69) is 15.6 Å². The number of nitrogens with one attached hydrogen (secondary N) is 2. The van der Waals surface area contributed by atoms with Gasteiger partial charge in [-0.3, -0.25) is 0 Å². The van der Waals surface area contributed by atoms with Gasteiger partial charge in [0.25, 0.3) is 0 Å². The summed E-state index contributed by atoms with van der Waals surface area (Å²) in [5.74, 6) is 0.683. The molecule has 0 bridgehead atoms. The van der Waals surface area contributed by atoms with Gasteiger partial charge in [-0.2, -0.15) is 0 Å². The lowest BCUT2D eigenvalue weighted by atomic mass is 10.3. The molecule has 0 amide bonds. The quantitative estimate of drug-likeness (QED) is 0.325. The monoisotopic (exact) mass is 507 g/mol. The van der Waals surface area contributed by atoms with Gasteiger partial charge in [0.2, 0.25) is 0 Å². The number of sulfone groups is 1.